The average molecular weight is 292 g/mol. The van der Waals surface area contributed by atoms with Crippen molar-refractivity contribution in [2.75, 3.05) is 11.1 Å². The lowest BCUT2D eigenvalue weighted by Gasteiger charge is -2.08. The highest BCUT2D eigenvalue weighted by molar-refractivity contribution is 6.03. The van der Waals surface area contributed by atoms with E-state index in [2.05, 4.69) is 10.2 Å². The molecule has 0 aliphatic carbocycles. The van der Waals surface area contributed by atoms with Crippen LogP contribution in [0.2, 0.25) is 0 Å². The number of halogens is 5. The molecule has 4 N–H and O–H groups in total. The Kier molecular flexibility index (Phi) is 3.30. The van der Waals surface area contributed by atoms with E-state index >= 15 is 0 Å². The van der Waals surface area contributed by atoms with Crippen molar-refractivity contribution in [3.63, 3.8) is 0 Å². The molecular weight excluding hydrogens is 287 g/mol. The first-order valence-electron chi connectivity index (χ1n) is 4.96. The van der Waals surface area contributed by atoms with Crippen molar-refractivity contribution in [1.29, 1.82) is 0 Å². The van der Waals surface area contributed by atoms with E-state index in [1.165, 1.54) is 0 Å². The van der Waals surface area contributed by atoms with E-state index in [-0.39, 0.29) is 11.5 Å². The summed E-state index contributed by atoms with van der Waals surface area (Å²) in [6.07, 6.45) is 0. The van der Waals surface area contributed by atoms with Gasteiger partial charge in [0.1, 0.15) is 17.2 Å². The van der Waals surface area contributed by atoms with Gasteiger partial charge in [-0.25, -0.2) is 22.0 Å². The molecule has 0 radical (unpaired) electrons. The van der Waals surface area contributed by atoms with Crippen LogP contribution in [0.5, 0.6) is 0 Å². The van der Waals surface area contributed by atoms with Gasteiger partial charge in [0, 0.05) is 6.07 Å². The van der Waals surface area contributed by atoms with Crippen molar-refractivity contribution < 1.29 is 26.7 Å². The Morgan fingerprint density at radius 1 is 1.05 bits per heavy atom. The van der Waals surface area contributed by atoms with Gasteiger partial charge in [-0.3, -0.25) is 9.89 Å². The molecule has 0 fully saturated rings. The van der Waals surface area contributed by atoms with Crippen LogP contribution in [-0.4, -0.2) is 16.1 Å². The number of aromatic nitrogens is 2. The highest BCUT2D eigenvalue weighted by Gasteiger charge is 2.27. The minimum atomic E-state index is -2.32. The van der Waals surface area contributed by atoms with Crippen molar-refractivity contribution in [1.82, 2.24) is 10.2 Å². The molecule has 2 aromatic rings. The number of rotatable bonds is 2. The van der Waals surface area contributed by atoms with Crippen molar-refractivity contribution >= 4 is 17.4 Å². The van der Waals surface area contributed by atoms with Crippen molar-refractivity contribution in [2.45, 2.75) is 0 Å². The molecule has 20 heavy (non-hydrogen) atoms. The molecule has 0 saturated heterocycles. The van der Waals surface area contributed by atoms with Gasteiger partial charge in [0.25, 0.3) is 5.91 Å². The lowest BCUT2D eigenvalue weighted by molar-refractivity contribution is 0.102. The fourth-order valence-electron chi connectivity index (χ4n) is 1.35. The topological polar surface area (TPSA) is 83.8 Å². The van der Waals surface area contributed by atoms with E-state index < -0.39 is 40.7 Å². The minimum absolute atomic E-state index is 0.0902. The van der Waals surface area contributed by atoms with Crippen LogP contribution in [0, 0.1) is 29.1 Å². The molecule has 5 nitrogen and oxygen atoms in total. The molecule has 106 valence electrons. The predicted octanol–water partition coefficient (Wildman–Crippen LogP) is 1.94. The highest BCUT2D eigenvalue weighted by Crippen LogP contribution is 2.27. The van der Waals surface area contributed by atoms with Gasteiger partial charge in [-0.2, -0.15) is 5.10 Å². The zero-order valence-corrected chi connectivity index (χ0v) is 9.40. The van der Waals surface area contributed by atoms with Gasteiger partial charge >= 0.3 is 0 Å². The second-order valence-electron chi connectivity index (χ2n) is 3.61. The quantitative estimate of drug-likeness (QED) is 0.449. The summed E-state index contributed by atoms with van der Waals surface area (Å²) in [5.41, 5.74) is 3.43. The zero-order valence-electron chi connectivity index (χ0n) is 9.40. The van der Waals surface area contributed by atoms with Crippen LogP contribution in [0.1, 0.15) is 10.5 Å². The van der Waals surface area contributed by atoms with E-state index in [9.17, 15) is 26.7 Å². The molecule has 1 aromatic carbocycles. The predicted molar refractivity (Wildman–Crippen MR) is 57.2 cm³/mol. The minimum Gasteiger partial charge on any atom is -0.382 e. The molecule has 0 unspecified atom stereocenters. The normalized spacial score (nSPS) is 10.7. The maximum absolute atomic E-state index is 13.3. The molecule has 2 rings (SSSR count). The van der Waals surface area contributed by atoms with Gasteiger partial charge in [0.15, 0.2) is 23.3 Å². The second-order valence-corrected chi connectivity index (χ2v) is 3.61. The van der Waals surface area contributed by atoms with Gasteiger partial charge in [-0.1, -0.05) is 0 Å². The SMILES string of the molecule is Nc1cc(C(=O)Nc2c(F)c(F)c(F)c(F)c2F)[nH]n1. The molecular formula is C10H5F5N4O. The van der Waals surface area contributed by atoms with Gasteiger partial charge in [-0.05, 0) is 0 Å². The van der Waals surface area contributed by atoms with Crippen LogP contribution in [-0.2, 0) is 0 Å². The van der Waals surface area contributed by atoms with Crippen LogP contribution in [0.25, 0.3) is 0 Å². The van der Waals surface area contributed by atoms with E-state index in [1.807, 2.05) is 0 Å². The molecule has 0 aliphatic heterocycles. The number of nitrogen functional groups attached to an aromatic ring is 1. The Morgan fingerprint density at radius 2 is 1.55 bits per heavy atom. The van der Waals surface area contributed by atoms with E-state index in [0.717, 1.165) is 6.07 Å². The summed E-state index contributed by atoms with van der Waals surface area (Å²) in [6, 6.07) is 1.02. The summed E-state index contributed by atoms with van der Waals surface area (Å²) >= 11 is 0. The summed E-state index contributed by atoms with van der Waals surface area (Å²) in [5, 5.41) is 7.04. The summed E-state index contributed by atoms with van der Waals surface area (Å²) in [7, 11) is 0. The number of benzene rings is 1. The summed E-state index contributed by atoms with van der Waals surface area (Å²) < 4.78 is 65.2. The number of amides is 1. The smallest absolute Gasteiger partial charge is 0.273 e. The molecule has 0 aliphatic rings. The van der Waals surface area contributed by atoms with Gasteiger partial charge < -0.3 is 11.1 Å². The molecule has 0 atom stereocenters. The van der Waals surface area contributed by atoms with Gasteiger partial charge in [0.2, 0.25) is 5.82 Å². The van der Waals surface area contributed by atoms with Gasteiger partial charge in [0.05, 0.1) is 0 Å². The van der Waals surface area contributed by atoms with Crippen molar-refractivity contribution in [2.24, 2.45) is 0 Å². The summed E-state index contributed by atoms with van der Waals surface area (Å²) in [4.78, 5) is 11.5. The van der Waals surface area contributed by atoms with Crippen LogP contribution < -0.4 is 11.1 Å². The fraction of sp³-hybridized carbons (Fsp3) is 0. The van der Waals surface area contributed by atoms with E-state index in [4.69, 9.17) is 5.73 Å². The first-order valence-corrected chi connectivity index (χ1v) is 4.96. The third-order valence-electron chi connectivity index (χ3n) is 2.29. The Balaban J connectivity index is 2.42. The Hall–Kier alpha value is -2.65. The number of aromatic amines is 1. The molecule has 0 spiro atoms. The Morgan fingerprint density at radius 3 is 2.00 bits per heavy atom. The second kappa shape index (κ2) is 4.79. The summed E-state index contributed by atoms with van der Waals surface area (Å²) in [5.74, 6) is -12.2. The standard InChI is InChI=1S/C10H5F5N4O/c11-4-5(12)7(14)9(8(15)6(4)13)17-10(20)2-1-3(16)19-18-2/h1H,(H,17,20)(H3,16,18,19). The van der Waals surface area contributed by atoms with Crippen LogP contribution in [0.15, 0.2) is 6.07 Å². The lowest BCUT2D eigenvalue weighted by Crippen LogP contribution is -2.17. The summed E-state index contributed by atoms with van der Waals surface area (Å²) in [6.45, 7) is 0. The van der Waals surface area contributed by atoms with E-state index in [1.54, 1.807) is 5.32 Å². The first-order chi connectivity index (χ1) is 9.32. The molecule has 0 saturated carbocycles. The van der Waals surface area contributed by atoms with Crippen LogP contribution in [0.3, 0.4) is 0 Å². The van der Waals surface area contributed by atoms with Crippen LogP contribution >= 0.6 is 0 Å². The number of anilines is 2. The largest absolute Gasteiger partial charge is 0.382 e. The third kappa shape index (κ3) is 2.15. The Bertz CT molecular complexity index is 670. The van der Waals surface area contributed by atoms with Crippen molar-refractivity contribution in [3.8, 4) is 0 Å². The molecule has 0 bridgehead atoms. The molecule has 1 heterocycles. The first kappa shape index (κ1) is 13.8. The molecule has 10 heteroatoms. The number of H-pyrrole nitrogens is 1. The highest BCUT2D eigenvalue weighted by atomic mass is 19.2. The fourth-order valence-corrected chi connectivity index (χ4v) is 1.35. The average Bonchev–Trinajstić information content (AvgIpc) is 2.85. The number of hydrogen-bond donors (Lipinski definition) is 3. The third-order valence-corrected chi connectivity index (χ3v) is 2.29. The van der Waals surface area contributed by atoms with Crippen molar-refractivity contribution in [3.05, 3.63) is 40.8 Å². The number of carbonyl (C=O) groups is 1. The number of nitrogens with one attached hydrogen (secondary N) is 2. The number of carbonyl (C=O) groups excluding carboxylic acids is 1. The monoisotopic (exact) mass is 292 g/mol. The number of hydrogen-bond acceptors (Lipinski definition) is 3. The van der Waals surface area contributed by atoms with E-state index in [0.29, 0.717) is 0 Å². The van der Waals surface area contributed by atoms with Gasteiger partial charge in [-0.15, -0.1) is 0 Å². The maximum Gasteiger partial charge on any atom is 0.273 e. The van der Waals surface area contributed by atoms with Crippen LogP contribution in [0.4, 0.5) is 33.5 Å². The lowest BCUT2D eigenvalue weighted by atomic mass is 10.2. The number of nitrogens with two attached hydrogens (primary N) is 1. The zero-order chi connectivity index (χ0) is 15.0. The molecule has 1 aromatic heterocycles. The molecule has 1 amide bonds. The number of nitrogens with zero attached hydrogens (tertiary/aromatic N) is 1. The Labute approximate surface area is 107 Å². The maximum atomic E-state index is 13.3.